The average Bonchev–Trinajstić information content (AvgIpc) is 2.82. The monoisotopic (exact) mass is 266 g/mol. The van der Waals surface area contributed by atoms with Gasteiger partial charge in [0.15, 0.2) is 0 Å². The van der Waals surface area contributed by atoms with Crippen LogP contribution in [0, 0.1) is 5.82 Å². The molecule has 0 bridgehead atoms. The van der Waals surface area contributed by atoms with Gasteiger partial charge in [0.2, 0.25) is 5.91 Å². The minimum Gasteiger partial charge on any atom is -0.379 e. The molecule has 0 atom stereocenters. The van der Waals surface area contributed by atoms with Crippen molar-refractivity contribution >= 4 is 28.8 Å². The van der Waals surface area contributed by atoms with E-state index in [2.05, 4.69) is 20.2 Å². The Balaban J connectivity index is 2.06. The molecule has 0 aliphatic carbocycles. The van der Waals surface area contributed by atoms with Gasteiger partial charge in [-0.2, -0.15) is 0 Å². The zero-order chi connectivity index (χ0) is 13.0. The molecule has 0 aliphatic heterocycles. The van der Waals surface area contributed by atoms with Crippen LogP contribution in [0.5, 0.6) is 0 Å². The van der Waals surface area contributed by atoms with E-state index in [1.165, 1.54) is 30.6 Å². The molecule has 94 valence electrons. The predicted octanol–water partition coefficient (Wildman–Crippen LogP) is 2.25. The highest BCUT2D eigenvalue weighted by atomic mass is 32.1. The van der Waals surface area contributed by atoms with Crippen LogP contribution in [-0.2, 0) is 11.3 Å². The smallest absolute Gasteiger partial charge is 0.221 e. The van der Waals surface area contributed by atoms with Gasteiger partial charge in [-0.3, -0.25) is 4.79 Å². The van der Waals surface area contributed by atoms with Crippen LogP contribution in [-0.4, -0.2) is 15.5 Å². The third-order valence-electron chi connectivity index (χ3n) is 2.16. The number of benzene rings is 1. The van der Waals surface area contributed by atoms with E-state index >= 15 is 0 Å². The Morgan fingerprint density at radius 3 is 3.00 bits per heavy atom. The molecule has 0 unspecified atom stereocenters. The lowest BCUT2D eigenvalue weighted by atomic mass is 10.2. The van der Waals surface area contributed by atoms with Crippen molar-refractivity contribution in [1.29, 1.82) is 0 Å². The van der Waals surface area contributed by atoms with E-state index in [1.807, 2.05) is 5.38 Å². The molecule has 7 heteroatoms. The number of anilines is 2. The van der Waals surface area contributed by atoms with E-state index < -0.39 is 5.82 Å². The lowest BCUT2D eigenvalue weighted by molar-refractivity contribution is -0.114. The number of amides is 1. The van der Waals surface area contributed by atoms with Crippen molar-refractivity contribution in [3.05, 3.63) is 35.1 Å². The molecular weight excluding hydrogens is 255 g/mol. The summed E-state index contributed by atoms with van der Waals surface area (Å²) in [6.45, 7) is 1.84. The average molecular weight is 266 g/mol. The van der Waals surface area contributed by atoms with Crippen LogP contribution in [0.4, 0.5) is 15.8 Å². The van der Waals surface area contributed by atoms with Crippen LogP contribution < -0.4 is 10.6 Å². The summed E-state index contributed by atoms with van der Waals surface area (Å²) in [6.07, 6.45) is 0. The molecule has 0 radical (unpaired) electrons. The number of hydrogen-bond donors (Lipinski definition) is 2. The van der Waals surface area contributed by atoms with Crippen LogP contribution in [0.1, 0.15) is 12.6 Å². The van der Waals surface area contributed by atoms with Crippen molar-refractivity contribution in [1.82, 2.24) is 9.59 Å². The summed E-state index contributed by atoms with van der Waals surface area (Å²) in [5.41, 5.74) is 1.67. The first kappa shape index (κ1) is 12.4. The molecule has 0 fully saturated rings. The van der Waals surface area contributed by atoms with Gasteiger partial charge in [0.25, 0.3) is 0 Å². The first-order valence-corrected chi connectivity index (χ1v) is 6.06. The Morgan fingerprint density at radius 1 is 1.50 bits per heavy atom. The summed E-state index contributed by atoms with van der Waals surface area (Å²) in [6, 6.07) is 4.43. The van der Waals surface area contributed by atoms with Gasteiger partial charge in [-0.1, -0.05) is 4.49 Å². The number of rotatable bonds is 4. The highest BCUT2D eigenvalue weighted by Crippen LogP contribution is 2.20. The first-order valence-electron chi connectivity index (χ1n) is 5.22. The molecule has 1 aromatic carbocycles. The number of hydrogen-bond acceptors (Lipinski definition) is 5. The molecule has 1 amide bonds. The van der Waals surface area contributed by atoms with Crippen LogP contribution >= 0.6 is 11.5 Å². The number of nitrogens with one attached hydrogen (secondary N) is 2. The van der Waals surface area contributed by atoms with Crippen molar-refractivity contribution in [2.24, 2.45) is 0 Å². The van der Waals surface area contributed by atoms with Gasteiger partial charge in [-0.05, 0) is 29.7 Å². The topological polar surface area (TPSA) is 66.9 Å². The number of nitrogens with zero attached hydrogens (tertiary/aromatic N) is 2. The highest BCUT2D eigenvalue weighted by Gasteiger charge is 2.05. The van der Waals surface area contributed by atoms with Gasteiger partial charge in [-0.25, -0.2) is 4.39 Å². The van der Waals surface area contributed by atoms with E-state index in [9.17, 15) is 9.18 Å². The normalized spacial score (nSPS) is 10.1. The van der Waals surface area contributed by atoms with Crippen molar-refractivity contribution in [3.63, 3.8) is 0 Å². The molecule has 18 heavy (non-hydrogen) atoms. The molecule has 2 N–H and O–H groups in total. The fourth-order valence-electron chi connectivity index (χ4n) is 1.37. The minimum atomic E-state index is -0.467. The molecule has 1 aromatic heterocycles. The second kappa shape index (κ2) is 5.54. The quantitative estimate of drug-likeness (QED) is 0.890. The number of carbonyl (C=O) groups is 1. The van der Waals surface area contributed by atoms with Gasteiger partial charge >= 0.3 is 0 Å². The van der Waals surface area contributed by atoms with E-state index in [0.29, 0.717) is 12.2 Å². The summed E-state index contributed by atoms with van der Waals surface area (Å²) in [7, 11) is 0. The molecule has 2 aromatic rings. The Morgan fingerprint density at radius 2 is 2.33 bits per heavy atom. The predicted molar refractivity (Wildman–Crippen MR) is 67.9 cm³/mol. The van der Waals surface area contributed by atoms with Crippen molar-refractivity contribution < 1.29 is 9.18 Å². The molecule has 5 nitrogen and oxygen atoms in total. The van der Waals surface area contributed by atoms with E-state index in [-0.39, 0.29) is 11.6 Å². The number of halogens is 1. The zero-order valence-electron chi connectivity index (χ0n) is 9.61. The second-order valence-electron chi connectivity index (χ2n) is 3.63. The maximum Gasteiger partial charge on any atom is 0.221 e. The third-order valence-corrected chi connectivity index (χ3v) is 2.71. The SMILES string of the molecule is CC(=O)Nc1cc(NCc2csnn2)ccc1F. The van der Waals surface area contributed by atoms with Gasteiger partial charge < -0.3 is 10.6 Å². The highest BCUT2D eigenvalue weighted by molar-refractivity contribution is 7.03. The Bertz CT molecular complexity index is 544. The van der Waals surface area contributed by atoms with E-state index in [4.69, 9.17) is 0 Å². The Kier molecular flexibility index (Phi) is 3.83. The largest absolute Gasteiger partial charge is 0.379 e. The van der Waals surface area contributed by atoms with Gasteiger partial charge in [0.05, 0.1) is 17.9 Å². The maximum absolute atomic E-state index is 13.4. The zero-order valence-corrected chi connectivity index (χ0v) is 10.4. The van der Waals surface area contributed by atoms with E-state index in [1.54, 1.807) is 6.07 Å². The summed E-state index contributed by atoms with van der Waals surface area (Å²) in [5, 5.41) is 11.2. The molecule has 2 rings (SSSR count). The molecule has 0 spiro atoms. The number of carbonyl (C=O) groups excluding carboxylic acids is 1. The fraction of sp³-hybridized carbons (Fsp3) is 0.182. The fourth-order valence-corrected chi connectivity index (χ4v) is 1.83. The first-order chi connectivity index (χ1) is 8.65. The lowest BCUT2D eigenvalue weighted by Crippen LogP contribution is -2.08. The summed E-state index contributed by atoms with van der Waals surface area (Å²) in [4.78, 5) is 10.9. The lowest BCUT2D eigenvalue weighted by Gasteiger charge is -2.08. The van der Waals surface area contributed by atoms with E-state index in [0.717, 1.165) is 5.69 Å². The van der Waals surface area contributed by atoms with Gasteiger partial charge in [0.1, 0.15) is 5.82 Å². The molecular formula is C11H11FN4OS. The van der Waals surface area contributed by atoms with Crippen LogP contribution in [0.25, 0.3) is 0 Å². The van der Waals surface area contributed by atoms with Crippen LogP contribution in [0.15, 0.2) is 23.6 Å². The third kappa shape index (κ3) is 3.24. The summed E-state index contributed by atoms with van der Waals surface area (Å²) >= 11 is 1.27. The summed E-state index contributed by atoms with van der Waals surface area (Å²) < 4.78 is 17.1. The Hall–Kier alpha value is -2.02. The summed E-state index contributed by atoms with van der Waals surface area (Å²) in [5.74, 6) is -0.777. The van der Waals surface area contributed by atoms with Crippen molar-refractivity contribution in [3.8, 4) is 0 Å². The maximum atomic E-state index is 13.4. The second-order valence-corrected chi connectivity index (χ2v) is 4.24. The van der Waals surface area contributed by atoms with Gasteiger partial charge in [0, 0.05) is 18.0 Å². The molecule has 1 heterocycles. The molecule has 0 saturated carbocycles. The van der Waals surface area contributed by atoms with Crippen molar-refractivity contribution in [2.45, 2.75) is 13.5 Å². The molecule has 0 aliphatic rings. The standard InChI is InChI=1S/C11H11FN4OS/c1-7(17)14-11-4-8(2-3-10(11)12)13-5-9-6-18-16-15-9/h2-4,6,13H,5H2,1H3,(H,14,17). The van der Waals surface area contributed by atoms with Gasteiger partial charge in [-0.15, -0.1) is 5.10 Å². The Labute approximate surface area is 107 Å². The minimum absolute atomic E-state index is 0.156. The number of aromatic nitrogens is 2. The van der Waals surface area contributed by atoms with Crippen LogP contribution in [0.3, 0.4) is 0 Å². The van der Waals surface area contributed by atoms with Crippen LogP contribution in [0.2, 0.25) is 0 Å². The molecule has 0 saturated heterocycles. The van der Waals surface area contributed by atoms with Crippen molar-refractivity contribution in [2.75, 3.05) is 10.6 Å².